The number of carboxylic acids is 1. The minimum Gasteiger partial charge on any atom is -0.478 e. The Morgan fingerprint density at radius 2 is 1.75 bits per heavy atom. The highest BCUT2D eigenvalue weighted by molar-refractivity contribution is 5.93. The van der Waals surface area contributed by atoms with Gasteiger partial charge in [0, 0.05) is 5.69 Å². The molecule has 12 heavy (non-hydrogen) atoms. The number of hydrazine groups is 1. The number of para-hydroxylation sites is 1. The first-order chi connectivity index (χ1) is 5.72. The molecule has 1 rings (SSSR count). The molecule has 0 unspecified atom stereocenters. The fourth-order valence-corrected chi connectivity index (χ4v) is 0.692. The van der Waals surface area contributed by atoms with E-state index < -0.39 is 5.97 Å². The predicted octanol–water partition coefficient (Wildman–Crippen LogP) is -0.214. The number of anilines is 1. The lowest BCUT2D eigenvalue weighted by Gasteiger charge is -1.96. The van der Waals surface area contributed by atoms with Crippen LogP contribution in [0.5, 0.6) is 0 Å². The largest absolute Gasteiger partial charge is 0.478 e. The van der Waals surface area contributed by atoms with Gasteiger partial charge in [-0.05, 0) is 12.1 Å². The molecule has 0 saturated heterocycles. The zero-order valence-electron chi connectivity index (χ0n) is 6.40. The average molecular weight is 169 g/mol. The van der Waals surface area contributed by atoms with E-state index in [4.69, 9.17) is 10.8 Å². The van der Waals surface area contributed by atoms with Crippen molar-refractivity contribution in [3.8, 4) is 0 Å². The minimum atomic E-state index is -0.988. The van der Waals surface area contributed by atoms with E-state index in [1.807, 2.05) is 0 Å². The number of nitrogen functional groups attached to an aromatic ring is 1. The Bertz CT molecular complexity index is 263. The Hall–Kier alpha value is -1.59. The van der Waals surface area contributed by atoms with Gasteiger partial charge in [-0.2, -0.15) is 0 Å². The first kappa shape index (κ1) is 10.4. The Kier molecular flexibility index (Phi) is 4.43. The van der Waals surface area contributed by atoms with Crippen LogP contribution in [0.15, 0.2) is 24.3 Å². The summed E-state index contributed by atoms with van der Waals surface area (Å²) in [5, 5.41) is 8.49. The van der Waals surface area contributed by atoms with E-state index in [0.29, 0.717) is 5.69 Å². The Morgan fingerprint density at radius 1 is 1.25 bits per heavy atom. The van der Waals surface area contributed by atoms with Gasteiger partial charge >= 0.3 is 5.97 Å². The SMILES string of the molecule is NN.Nc1ccccc1C(=O)O. The van der Waals surface area contributed by atoms with Crippen LogP contribution in [-0.4, -0.2) is 11.1 Å². The molecule has 0 saturated carbocycles. The zero-order valence-corrected chi connectivity index (χ0v) is 6.40. The third-order valence-corrected chi connectivity index (χ3v) is 1.19. The second kappa shape index (κ2) is 5.11. The number of carboxylic acid groups (broad SMARTS) is 1. The molecule has 1 aromatic carbocycles. The van der Waals surface area contributed by atoms with Gasteiger partial charge in [0.05, 0.1) is 5.56 Å². The van der Waals surface area contributed by atoms with Crippen molar-refractivity contribution in [2.45, 2.75) is 0 Å². The van der Waals surface area contributed by atoms with Crippen LogP contribution in [0.3, 0.4) is 0 Å². The van der Waals surface area contributed by atoms with Crippen LogP contribution >= 0.6 is 0 Å². The molecule has 0 aliphatic rings. The molecule has 1 aromatic rings. The van der Waals surface area contributed by atoms with Crippen molar-refractivity contribution in [3.63, 3.8) is 0 Å². The molecule has 0 aromatic heterocycles. The van der Waals surface area contributed by atoms with Crippen molar-refractivity contribution in [2.24, 2.45) is 11.7 Å². The molecule has 0 fully saturated rings. The van der Waals surface area contributed by atoms with Crippen molar-refractivity contribution >= 4 is 11.7 Å². The van der Waals surface area contributed by atoms with Gasteiger partial charge in [-0.1, -0.05) is 12.1 Å². The fourth-order valence-electron chi connectivity index (χ4n) is 0.692. The van der Waals surface area contributed by atoms with Crippen molar-refractivity contribution in [2.75, 3.05) is 5.73 Å². The molecule has 0 amide bonds. The number of benzene rings is 1. The van der Waals surface area contributed by atoms with Gasteiger partial charge in [-0.25, -0.2) is 4.79 Å². The van der Waals surface area contributed by atoms with Gasteiger partial charge in [0.1, 0.15) is 0 Å². The predicted molar refractivity (Wildman–Crippen MR) is 46.2 cm³/mol. The number of rotatable bonds is 1. The molecule has 5 heteroatoms. The van der Waals surface area contributed by atoms with Crippen LogP contribution in [0.25, 0.3) is 0 Å². The highest BCUT2D eigenvalue weighted by Gasteiger charge is 2.03. The molecule has 0 heterocycles. The maximum atomic E-state index is 10.3. The second-order valence-corrected chi connectivity index (χ2v) is 1.89. The normalized spacial score (nSPS) is 8.17. The summed E-state index contributed by atoms with van der Waals surface area (Å²) < 4.78 is 0. The number of hydrogen-bond acceptors (Lipinski definition) is 4. The third kappa shape index (κ3) is 2.57. The van der Waals surface area contributed by atoms with Crippen molar-refractivity contribution in [1.29, 1.82) is 0 Å². The highest BCUT2D eigenvalue weighted by Crippen LogP contribution is 2.08. The van der Waals surface area contributed by atoms with E-state index in [1.165, 1.54) is 6.07 Å². The Labute approximate surface area is 69.7 Å². The number of hydrogen-bond donors (Lipinski definition) is 4. The van der Waals surface area contributed by atoms with Gasteiger partial charge in [0.15, 0.2) is 0 Å². The molecule has 0 aliphatic heterocycles. The van der Waals surface area contributed by atoms with Gasteiger partial charge in [0.2, 0.25) is 0 Å². The molecule has 0 radical (unpaired) electrons. The van der Waals surface area contributed by atoms with Crippen LogP contribution in [0.1, 0.15) is 10.4 Å². The minimum absolute atomic E-state index is 0.155. The van der Waals surface area contributed by atoms with Gasteiger partial charge in [-0.15, -0.1) is 0 Å². The van der Waals surface area contributed by atoms with Gasteiger partial charge in [-0.3, -0.25) is 11.7 Å². The van der Waals surface area contributed by atoms with Gasteiger partial charge < -0.3 is 10.8 Å². The van der Waals surface area contributed by atoms with Crippen LogP contribution in [-0.2, 0) is 0 Å². The van der Waals surface area contributed by atoms with Crippen molar-refractivity contribution in [1.82, 2.24) is 0 Å². The molecule has 5 nitrogen and oxygen atoms in total. The molecule has 0 bridgehead atoms. The zero-order chi connectivity index (χ0) is 9.56. The van der Waals surface area contributed by atoms with Crippen LogP contribution < -0.4 is 17.4 Å². The quantitative estimate of drug-likeness (QED) is 0.263. The maximum absolute atomic E-state index is 10.3. The summed E-state index contributed by atoms with van der Waals surface area (Å²) in [5.74, 6) is 7.01. The summed E-state index contributed by atoms with van der Waals surface area (Å²) >= 11 is 0. The molecule has 7 N–H and O–H groups in total. The van der Waals surface area contributed by atoms with E-state index in [2.05, 4.69) is 11.7 Å². The van der Waals surface area contributed by atoms with E-state index in [-0.39, 0.29) is 5.56 Å². The summed E-state index contributed by atoms with van der Waals surface area (Å²) in [7, 11) is 0. The summed E-state index contributed by atoms with van der Waals surface area (Å²) in [5.41, 5.74) is 5.80. The molecule has 0 spiro atoms. The van der Waals surface area contributed by atoms with E-state index in [0.717, 1.165) is 0 Å². The smallest absolute Gasteiger partial charge is 0.337 e. The topological polar surface area (TPSA) is 115 Å². The molecular formula is C7H11N3O2. The van der Waals surface area contributed by atoms with Gasteiger partial charge in [0.25, 0.3) is 0 Å². The Balaban J connectivity index is 0.000000561. The summed E-state index contributed by atoms with van der Waals surface area (Å²) in [6.45, 7) is 0. The van der Waals surface area contributed by atoms with Crippen LogP contribution in [0.2, 0.25) is 0 Å². The van der Waals surface area contributed by atoms with E-state index in [1.54, 1.807) is 18.2 Å². The summed E-state index contributed by atoms with van der Waals surface area (Å²) in [6.07, 6.45) is 0. The first-order valence-corrected chi connectivity index (χ1v) is 3.13. The summed E-state index contributed by atoms with van der Waals surface area (Å²) in [4.78, 5) is 10.3. The van der Waals surface area contributed by atoms with Crippen LogP contribution in [0.4, 0.5) is 5.69 Å². The average Bonchev–Trinajstić information content (AvgIpc) is 2.08. The summed E-state index contributed by atoms with van der Waals surface area (Å²) in [6, 6.07) is 6.36. The third-order valence-electron chi connectivity index (χ3n) is 1.19. The lowest BCUT2D eigenvalue weighted by molar-refractivity contribution is 0.0698. The second-order valence-electron chi connectivity index (χ2n) is 1.89. The number of carbonyl (C=O) groups is 1. The molecule has 0 aliphatic carbocycles. The van der Waals surface area contributed by atoms with Crippen molar-refractivity contribution < 1.29 is 9.90 Å². The lowest BCUT2D eigenvalue weighted by Crippen LogP contribution is -2.02. The Morgan fingerprint density at radius 3 is 2.08 bits per heavy atom. The fraction of sp³-hybridized carbons (Fsp3) is 0. The maximum Gasteiger partial charge on any atom is 0.337 e. The van der Waals surface area contributed by atoms with E-state index >= 15 is 0 Å². The lowest BCUT2D eigenvalue weighted by atomic mass is 10.2. The van der Waals surface area contributed by atoms with Crippen molar-refractivity contribution in [3.05, 3.63) is 29.8 Å². The number of nitrogens with two attached hydrogens (primary N) is 3. The molecule has 0 atom stereocenters. The van der Waals surface area contributed by atoms with E-state index in [9.17, 15) is 4.79 Å². The molecule has 66 valence electrons. The van der Waals surface area contributed by atoms with Crippen LogP contribution in [0, 0.1) is 0 Å². The highest BCUT2D eigenvalue weighted by atomic mass is 16.4. The first-order valence-electron chi connectivity index (χ1n) is 3.13. The monoisotopic (exact) mass is 169 g/mol. The standard InChI is InChI=1S/C7H7NO2.H4N2/c8-6-4-2-1-3-5(6)7(9)10;1-2/h1-4H,8H2,(H,9,10);1-2H2. The molecular weight excluding hydrogens is 158 g/mol. The number of aromatic carboxylic acids is 1.